The van der Waals surface area contributed by atoms with Gasteiger partial charge in [0, 0.05) is 20.0 Å². The minimum atomic E-state index is -0.686. The van der Waals surface area contributed by atoms with Crippen LogP contribution in [0.1, 0.15) is 32.6 Å². The number of methoxy groups -OCH3 is 1. The summed E-state index contributed by atoms with van der Waals surface area (Å²) in [4.78, 5) is 11.4. The van der Waals surface area contributed by atoms with E-state index in [4.69, 9.17) is 24.4 Å². The Kier molecular flexibility index (Phi) is 10.1. The first kappa shape index (κ1) is 17.9. The SMILES string of the molecule is C=C(O)CCCC(=O)OCC(OC)OC(CC)CO. The molecule has 0 saturated carbocycles. The molecule has 2 atom stereocenters. The fourth-order valence-corrected chi connectivity index (χ4v) is 1.32. The Morgan fingerprint density at radius 1 is 1.37 bits per heavy atom. The minimum absolute atomic E-state index is 0.0219. The van der Waals surface area contributed by atoms with Crippen LogP contribution < -0.4 is 0 Å². The summed E-state index contributed by atoms with van der Waals surface area (Å²) < 4.78 is 15.4. The molecule has 0 amide bonds. The highest BCUT2D eigenvalue weighted by Gasteiger charge is 2.16. The normalized spacial score (nSPS) is 13.8. The number of esters is 1. The number of rotatable bonds is 11. The van der Waals surface area contributed by atoms with Crippen molar-refractivity contribution in [3.63, 3.8) is 0 Å². The molecule has 112 valence electrons. The van der Waals surface area contributed by atoms with Gasteiger partial charge in [0.05, 0.1) is 18.5 Å². The lowest BCUT2D eigenvalue weighted by Gasteiger charge is -2.21. The lowest BCUT2D eigenvalue weighted by atomic mass is 10.2. The van der Waals surface area contributed by atoms with E-state index in [0.717, 1.165) is 0 Å². The van der Waals surface area contributed by atoms with E-state index in [0.29, 0.717) is 19.3 Å². The van der Waals surface area contributed by atoms with Crippen LogP contribution in [0.3, 0.4) is 0 Å². The summed E-state index contributed by atoms with van der Waals surface area (Å²) in [6.07, 6.45) is 0.689. The summed E-state index contributed by atoms with van der Waals surface area (Å²) in [5, 5.41) is 17.9. The van der Waals surface area contributed by atoms with Gasteiger partial charge < -0.3 is 24.4 Å². The number of allylic oxidation sites excluding steroid dienone is 1. The highest BCUT2D eigenvalue weighted by atomic mass is 16.7. The van der Waals surface area contributed by atoms with Crippen LogP contribution in [0.25, 0.3) is 0 Å². The monoisotopic (exact) mass is 276 g/mol. The smallest absolute Gasteiger partial charge is 0.305 e. The number of aliphatic hydroxyl groups excluding tert-OH is 2. The molecule has 0 spiro atoms. The van der Waals surface area contributed by atoms with Crippen molar-refractivity contribution in [1.29, 1.82) is 0 Å². The molecule has 0 aromatic carbocycles. The molecule has 0 bridgehead atoms. The van der Waals surface area contributed by atoms with Gasteiger partial charge in [0.25, 0.3) is 0 Å². The maximum Gasteiger partial charge on any atom is 0.305 e. The average molecular weight is 276 g/mol. The first-order chi connectivity index (χ1) is 9.03. The highest BCUT2D eigenvalue weighted by molar-refractivity contribution is 5.69. The van der Waals surface area contributed by atoms with Gasteiger partial charge in [-0.2, -0.15) is 0 Å². The molecule has 6 heteroatoms. The second-order valence-corrected chi connectivity index (χ2v) is 4.12. The molecule has 0 aromatic rings. The van der Waals surface area contributed by atoms with E-state index in [1.54, 1.807) is 0 Å². The van der Waals surface area contributed by atoms with Gasteiger partial charge in [0.2, 0.25) is 0 Å². The van der Waals surface area contributed by atoms with Crippen molar-refractivity contribution >= 4 is 5.97 Å². The van der Waals surface area contributed by atoms with E-state index in [1.165, 1.54) is 7.11 Å². The number of aliphatic hydroxyl groups is 2. The van der Waals surface area contributed by atoms with Crippen molar-refractivity contribution in [2.45, 2.75) is 45.0 Å². The van der Waals surface area contributed by atoms with Gasteiger partial charge >= 0.3 is 5.97 Å². The van der Waals surface area contributed by atoms with E-state index < -0.39 is 6.29 Å². The van der Waals surface area contributed by atoms with E-state index in [9.17, 15) is 4.79 Å². The van der Waals surface area contributed by atoms with Crippen LogP contribution in [0.2, 0.25) is 0 Å². The van der Waals surface area contributed by atoms with Crippen molar-refractivity contribution in [3.8, 4) is 0 Å². The van der Waals surface area contributed by atoms with E-state index in [2.05, 4.69) is 6.58 Å². The molecule has 0 radical (unpaired) electrons. The van der Waals surface area contributed by atoms with Crippen LogP contribution in [0, 0.1) is 0 Å². The molecule has 0 heterocycles. The Morgan fingerprint density at radius 2 is 2.05 bits per heavy atom. The molecule has 0 aliphatic carbocycles. The molecule has 0 fully saturated rings. The molecule has 2 N–H and O–H groups in total. The molecule has 0 aliphatic rings. The third-order valence-electron chi connectivity index (χ3n) is 2.49. The number of hydrogen-bond acceptors (Lipinski definition) is 6. The fourth-order valence-electron chi connectivity index (χ4n) is 1.32. The topological polar surface area (TPSA) is 85.2 Å². The van der Waals surface area contributed by atoms with E-state index in [1.807, 2.05) is 6.92 Å². The first-order valence-electron chi connectivity index (χ1n) is 6.34. The zero-order valence-electron chi connectivity index (χ0n) is 11.6. The summed E-state index contributed by atoms with van der Waals surface area (Å²) in [7, 11) is 1.44. The van der Waals surface area contributed by atoms with Crippen molar-refractivity contribution in [2.75, 3.05) is 20.3 Å². The third-order valence-corrected chi connectivity index (χ3v) is 2.49. The Labute approximate surface area is 114 Å². The molecule has 0 aliphatic heterocycles. The average Bonchev–Trinajstić information content (AvgIpc) is 2.38. The van der Waals surface area contributed by atoms with Crippen molar-refractivity contribution in [3.05, 3.63) is 12.3 Å². The van der Waals surface area contributed by atoms with Crippen LogP contribution in [-0.2, 0) is 19.0 Å². The Balaban J connectivity index is 3.86. The lowest BCUT2D eigenvalue weighted by Crippen LogP contribution is -2.30. The third kappa shape index (κ3) is 9.47. The molecule has 19 heavy (non-hydrogen) atoms. The summed E-state index contributed by atoms with van der Waals surface area (Å²) in [5.41, 5.74) is 0. The Hall–Kier alpha value is -1.11. The predicted molar refractivity (Wildman–Crippen MR) is 69.6 cm³/mol. The van der Waals surface area contributed by atoms with Gasteiger partial charge in [0.15, 0.2) is 6.29 Å². The van der Waals surface area contributed by atoms with Crippen molar-refractivity contribution < 1.29 is 29.2 Å². The van der Waals surface area contributed by atoms with Crippen LogP contribution in [0.4, 0.5) is 0 Å². The molecule has 0 saturated heterocycles. The van der Waals surface area contributed by atoms with Crippen LogP contribution in [0.15, 0.2) is 12.3 Å². The van der Waals surface area contributed by atoms with Gasteiger partial charge in [-0.3, -0.25) is 4.79 Å². The van der Waals surface area contributed by atoms with Gasteiger partial charge in [-0.1, -0.05) is 13.5 Å². The number of carbonyl (C=O) groups is 1. The maximum atomic E-state index is 11.4. The van der Waals surface area contributed by atoms with Crippen LogP contribution >= 0.6 is 0 Å². The fraction of sp³-hybridized carbons (Fsp3) is 0.769. The highest BCUT2D eigenvalue weighted by Crippen LogP contribution is 2.06. The molecule has 0 rings (SSSR count). The van der Waals surface area contributed by atoms with Crippen LogP contribution in [-0.4, -0.2) is 48.9 Å². The quantitative estimate of drug-likeness (QED) is 0.338. The number of carbonyl (C=O) groups excluding carboxylic acids is 1. The van der Waals surface area contributed by atoms with Crippen molar-refractivity contribution in [1.82, 2.24) is 0 Å². The summed E-state index contributed by atoms with van der Waals surface area (Å²) in [6.45, 7) is 5.08. The number of ether oxygens (including phenoxy) is 3. The molecular formula is C13H24O6. The maximum absolute atomic E-state index is 11.4. The van der Waals surface area contributed by atoms with E-state index >= 15 is 0 Å². The van der Waals surface area contributed by atoms with Gasteiger partial charge in [0.1, 0.15) is 6.61 Å². The second-order valence-electron chi connectivity index (χ2n) is 4.12. The second kappa shape index (κ2) is 10.8. The zero-order valence-corrected chi connectivity index (χ0v) is 11.6. The van der Waals surface area contributed by atoms with Gasteiger partial charge in [-0.15, -0.1) is 0 Å². The standard InChI is InChI=1S/C13H24O6/c1-4-11(8-14)19-13(17-3)9-18-12(16)7-5-6-10(2)15/h11,13-15H,2,4-9H2,1,3H3. The summed E-state index contributed by atoms with van der Waals surface area (Å²) in [6, 6.07) is 0. The van der Waals surface area contributed by atoms with Crippen LogP contribution in [0.5, 0.6) is 0 Å². The molecular weight excluding hydrogens is 252 g/mol. The Bertz CT molecular complexity index is 262. The molecule has 2 unspecified atom stereocenters. The molecule has 6 nitrogen and oxygen atoms in total. The summed E-state index contributed by atoms with van der Waals surface area (Å²) >= 11 is 0. The van der Waals surface area contributed by atoms with Gasteiger partial charge in [-0.25, -0.2) is 0 Å². The van der Waals surface area contributed by atoms with Crippen molar-refractivity contribution in [2.24, 2.45) is 0 Å². The van der Waals surface area contributed by atoms with E-state index in [-0.39, 0.29) is 37.5 Å². The first-order valence-corrected chi connectivity index (χ1v) is 6.34. The lowest BCUT2D eigenvalue weighted by molar-refractivity contribution is -0.194. The zero-order chi connectivity index (χ0) is 14.7. The predicted octanol–water partition coefficient (Wildman–Crippen LogP) is 1.53. The minimum Gasteiger partial charge on any atom is -0.513 e. The van der Waals surface area contributed by atoms with Gasteiger partial charge in [-0.05, 0) is 12.8 Å². The summed E-state index contributed by atoms with van der Waals surface area (Å²) in [5.74, 6) is -0.330. The largest absolute Gasteiger partial charge is 0.513 e. The Morgan fingerprint density at radius 3 is 2.53 bits per heavy atom. The molecule has 0 aromatic heterocycles. The number of hydrogen-bond donors (Lipinski definition) is 2.